The molecule has 4 nitrogen and oxygen atoms in total. The summed E-state index contributed by atoms with van der Waals surface area (Å²) in [5.41, 5.74) is 1.87. The SMILES string of the molecule is CN(C)c1ccc(C2=[NH+][C@H](C(Cl)(Cl)Cl)[NH+]=C(C(Cl)(Cl)Cl)N2)cc1. The fraction of sp³-hybridized carbons (Fsp3) is 0.385. The first-order chi connectivity index (χ1) is 10.5. The van der Waals surface area contributed by atoms with E-state index in [0.29, 0.717) is 5.84 Å². The Hall–Kier alpha value is -0.100. The van der Waals surface area contributed by atoms with Crippen molar-refractivity contribution in [3.63, 3.8) is 0 Å². The molecule has 0 unspecified atom stereocenters. The van der Waals surface area contributed by atoms with Crippen molar-refractivity contribution in [1.82, 2.24) is 5.32 Å². The number of alkyl halides is 6. The van der Waals surface area contributed by atoms with Crippen LogP contribution < -0.4 is 20.2 Å². The number of nitrogens with zero attached hydrogens (tertiary/aromatic N) is 1. The first-order valence-corrected chi connectivity index (χ1v) is 8.71. The van der Waals surface area contributed by atoms with Crippen molar-refractivity contribution in [2.45, 2.75) is 13.8 Å². The maximum atomic E-state index is 5.96. The van der Waals surface area contributed by atoms with Gasteiger partial charge < -0.3 is 4.90 Å². The second-order valence-electron chi connectivity index (χ2n) is 5.08. The number of halogens is 6. The number of hydrogen-bond acceptors (Lipinski definition) is 2. The minimum atomic E-state index is -1.72. The van der Waals surface area contributed by atoms with Gasteiger partial charge in [0.2, 0.25) is 0 Å². The van der Waals surface area contributed by atoms with E-state index >= 15 is 0 Å². The molecule has 0 saturated heterocycles. The number of amidine groups is 2. The van der Waals surface area contributed by atoms with Crippen LogP contribution in [0, 0.1) is 0 Å². The van der Waals surface area contributed by atoms with Gasteiger partial charge in [-0.2, -0.15) is 0 Å². The average molecular weight is 439 g/mol. The second-order valence-corrected chi connectivity index (χ2v) is 9.73. The van der Waals surface area contributed by atoms with E-state index in [2.05, 4.69) is 15.3 Å². The fourth-order valence-electron chi connectivity index (χ4n) is 1.92. The van der Waals surface area contributed by atoms with Crippen LogP contribution in [0.4, 0.5) is 5.69 Å². The number of rotatable bonds is 2. The van der Waals surface area contributed by atoms with Crippen LogP contribution in [0.2, 0.25) is 0 Å². The van der Waals surface area contributed by atoms with Crippen molar-refractivity contribution < 1.29 is 9.98 Å². The van der Waals surface area contributed by atoms with Crippen molar-refractivity contribution in [3.8, 4) is 0 Å². The molecular formula is C13H14Cl6N4+2. The van der Waals surface area contributed by atoms with Gasteiger partial charge in [0.15, 0.2) is 0 Å². The van der Waals surface area contributed by atoms with E-state index in [1.165, 1.54) is 0 Å². The molecule has 2 rings (SSSR count). The van der Waals surface area contributed by atoms with E-state index in [-0.39, 0.29) is 5.84 Å². The van der Waals surface area contributed by atoms with E-state index in [1.807, 2.05) is 43.3 Å². The Kier molecular flexibility index (Phi) is 5.87. The zero-order chi connectivity index (χ0) is 17.4. The lowest BCUT2D eigenvalue weighted by Crippen LogP contribution is -3.10. The normalized spacial score (nSPS) is 18.9. The minimum absolute atomic E-state index is 0.198. The molecule has 23 heavy (non-hydrogen) atoms. The monoisotopic (exact) mass is 436 g/mol. The summed E-state index contributed by atoms with van der Waals surface area (Å²) in [6, 6.07) is 7.71. The highest BCUT2D eigenvalue weighted by molar-refractivity contribution is 6.76. The van der Waals surface area contributed by atoms with Crippen LogP contribution in [-0.4, -0.2) is 39.5 Å². The molecule has 1 aliphatic rings. The van der Waals surface area contributed by atoms with E-state index in [0.717, 1.165) is 11.3 Å². The number of hydrogen-bond donors (Lipinski definition) is 3. The lowest BCUT2D eigenvalue weighted by Gasteiger charge is -2.21. The Morgan fingerprint density at radius 2 is 1.52 bits per heavy atom. The van der Waals surface area contributed by atoms with Crippen LogP contribution in [0.15, 0.2) is 24.3 Å². The summed E-state index contributed by atoms with van der Waals surface area (Å²) in [5.74, 6) is 0.760. The molecule has 10 heteroatoms. The van der Waals surface area contributed by atoms with Crippen molar-refractivity contribution in [3.05, 3.63) is 29.8 Å². The Labute approximate surface area is 164 Å². The highest BCUT2D eigenvalue weighted by Gasteiger charge is 2.46. The fourth-order valence-corrected chi connectivity index (χ4v) is 2.55. The molecule has 1 atom stereocenters. The molecule has 1 aliphatic heterocycles. The molecule has 1 aromatic carbocycles. The number of anilines is 1. The van der Waals surface area contributed by atoms with Crippen LogP contribution in [0.3, 0.4) is 0 Å². The van der Waals surface area contributed by atoms with Crippen LogP contribution in [0.1, 0.15) is 5.56 Å². The van der Waals surface area contributed by atoms with E-state index in [1.54, 1.807) is 0 Å². The molecule has 0 spiro atoms. The second kappa shape index (κ2) is 7.03. The summed E-state index contributed by atoms with van der Waals surface area (Å²) in [5, 5.41) is 2.99. The zero-order valence-electron chi connectivity index (χ0n) is 12.1. The van der Waals surface area contributed by atoms with E-state index in [9.17, 15) is 0 Å². The quantitative estimate of drug-likeness (QED) is 0.596. The maximum Gasteiger partial charge on any atom is 0.307 e. The molecule has 1 heterocycles. The Morgan fingerprint density at radius 3 is 1.96 bits per heavy atom. The Morgan fingerprint density at radius 1 is 0.957 bits per heavy atom. The third-order valence-corrected chi connectivity index (χ3v) is 4.33. The number of nitrogens with one attached hydrogen (secondary N) is 3. The van der Waals surface area contributed by atoms with Gasteiger partial charge in [-0.3, -0.25) is 0 Å². The first-order valence-electron chi connectivity index (χ1n) is 6.44. The third-order valence-electron chi connectivity index (χ3n) is 3.11. The van der Waals surface area contributed by atoms with Crippen LogP contribution >= 0.6 is 69.6 Å². The zero-order valence-corrected chi connectivity index (χ0v) is 16.6. The summed E-state index contributed by atoms with van der Waals surface area (Å²) in [7, 11) is 3.91. The highest BCUT2D eigenvalue weighted by Crippen LogP contribution is 2.28. The molecule has 3 N–H and O–H groups in total. The standard InChI is InChI=1S/C13H12Cl6N4/c1-23(2)8-5-3-7(4-6-8)9-20-10(12(14,15)16)22-11(21-9)13(17,18)19/h3-6,10H,1-2H3,(H,20,21,22)/p+2/t10-/m0/s1. The first kappa shape index (κ1) is 19.2. The predicted molar refractivity (Wildman–Crippen MR) is 99.3 cm³/mol. The molecule has 0 fully saturated rings. The minimum Gasteiger partial charge on any atom is -0.378 e. The Balaban J connectivity index is 2.39. The molecule has 0 saturated carbocycles. The van der Waals surface area contributed by atoms with Gasteiger partial charge in [-0.25, -0.2) is 15.3 Å². The van der Waals surface area contributed by atoms with Gasteiger partial charge in [-0.15, -0.1) is 0 Å². The summed E-state index contributed by atoms with van der Waals surface area (Å²) in [6.45, 7) is 0. The summed E-state index contributed by atoms with van der Waals surface area (Å²) < 4.78 is -3.37. The average Bonchev–Trinajstić information content (AvgIpc) is 2.45. The molecule has 126 valence electrons. The van der Waals surface area contributed by atoms with Crippen LogP contribution in [0.5, 0.6) is 0 Å². The van der Waals surface area contributed by atoms with Crippen molar-refractivity contribution in [1.29, 1.82) is 0 Å². The molecule has 0 amide bonds. The van der Waals surface area contributed by atoms with Crippen molar-refractivity contribution in [2.75, 3.05) is 19.0 Å². The lowest BCUT2D eigenvalue weighted by atomic mass is 10.1. The molecular weight excluding hydrogens is 425 g/mol. The van der Waals surface area contributed by atoms with Crippen LogP contribution in [-0.2, 0) is 0 Å². The van der Waals surface area contributed by atoms with Crippen LogP contribution in [0.25, 0.3) is 0 Å². The summed E-state index contributed by atoms with van der Waals surface area (Å²) in [6.07, 6.45) is -0.775. The lowest BCUT2D eigenvalue weighted by molar-refractivity contribution is -0.740. The van der Waals surface area contributed by atoms with Gasteiger partial charge in [0, 0.05) is 19.8 Å². The van der Waals surface area contributed by atoms with E-state index in [4.69, 9.17) is 69.6 Å². The van der Waals surface area contributed by atoms with Gasteiger partial charge in [0.25, 0.3) is 19.6 Å². The molecule has 0 aliphatic carbocycles. The van der Waals surface area contributed by atoms with Gasteiger partial charge in [0.05, 0.1) is 5.56 Å². The molecule has 1 aromatic rings. The number of benzene rings is 1. The molecule has 0 bridgehead atoms. The van der Waals surface area contributed by atoms with Crippen molar-refractivity contribution in [2.24, 2.45) is 0 Å². The van der Waals surface area contributed by atoms with Crippen molar-refractivity contribution >= 4 is 87.0 Å². The maximum absolute atomic E-state index is 5.96. The smallest absolute Gasteiger partial charge is 0.307 e. The molecule has 0 aromatic heterocycles. The predicted octanol–water partition coefficient (Wildman–Crippen LogP) is 0.729. The van der Waals surface area contributed by atoms with E-state index < -0.39 is 13.8 Å². The van der Waals surface area contributed by atoms with Gasteiger partial charge in [-0.05, 0) is 24.3 Å². The van der Waals surface area contributed by atoms with Gasteiger partial charge >= 0.3 is 5.84 Å². The largest absolute Gasteiger partial charge is 0.378 e. The van der Waals surface area contributed by atoms with Gasteiger partial charge in [-0.1, -0.05) is 69.6 Å². The summed E-state index contributed by atoms with van der Waals surface area (Å²) >= 11 is 35.7. The third kappa shape index (κ3) is 4.94. The highest BCUT2D eigenvalue weighted by atomic mass is 35.6. The summed E-state index contributed by atoms with van der Waals surface area (Å²) in [4.78, 5) is 7.87. The topological polar surface area (TPSA) is 43.2 Å². The molecule has 0 radical (unpaired) electrons. The Bertz CT molecular complexity index is 627. The van der Waals surface area contributed by atoms with Gasteiger partial charge in [0.1, 0.15) is 0 Å².